The molecule has 2 N–H and O–H groups in total. The number of amides is 1. The molecule has 19 heavy (non-hydrogen) atoms. The van der Waals surface area contributed by atoms with Gasteiger partial charge in [-0.3, -0.25) is 14.9 Å². The van der Waals surface area contributed by atoms with Crippen LogP contribution in [0.15, 0.2) is 18.2 Å². The first-order valence-corrected chi connectivity index (χ1v) is 6.07. The van der Waals surface area contributed by atoms with Crippen LogP contribution in [0.3, 0.4) is 0 Å². The standard InChI is InChI=1S/C12H14FN3O3/c13-8-4-3-6-10(16(18)19)11(8)15-12(17)9-5-1-2-7-14-9/h3-4,6,9,14H,1-2,5,7H2,(H,15,17)/t9-/m0/s1. The molecule has 0 aliphatic carbocycles. The third-order valence-corrected chi connectivity index (χ3v) is 3.06. The zero-order valence-corrected chi connectivity index (χ0v) is 10.2. The minimum atomic E-state index is -0.807. The smallest absolute Gasteiger partial charge is 0.295 e. The molecule has 1 aromatic rings. The predicted octanol–water partition coefficient (Wildman–Crippen LogP) is 1.81. The monoisotopic (exact) mass is 267 g/mol. The molecule has 1 amide bonds. The van der Waals surface area contributed by atoms with Gasteiger partial charge in [0, 0.05) is 6.07 Å². The van der Waals surface area contributed by atoms with Crippen molar-refractivity contribution in [2.24, 2.45) is 0 Å². The van der Waals surface area contributed by atoms with Crippen molar-refractivity contribution in [3.8, 4) is 0 Å². The van der Waals surface area contributed by atoms with Gasteiger partial charge in [-0.15, -0.1) is 0 Å². The van der Waals surface area contributed by atoms with Gasteiger partial charge in [-0.25, -0.2) is 4.39 Å². The summed E-state index contributed by atoms with van der Waals surface area (Å²) < 4.78 is 13.6. The fourth-order valence-corrected chi connectivity index (χ4v) is 2.07. The molecule has 1 aliphatic heterocycles. The topological polar surface area (TPSA) is 84.3 Å². The number of nitrogens with zero attached hydrogens (tertiary/aromatic N) is 1. The number of nitro groups is 1. The van der Waals surface area contributed by atoms with Gasteiger partial charge >= 0.3 is 0 Å². The Labute approximate surface area is 109 Å². The van der Waals surface area contributed by atoms with E-state index in [4.69, 9.17) is 0 Å². The molecule has 0 aromatic heterocycles. The Balaban J connectivity index is 2.18. The molecule has 6 nitrogen and oxygen atoms in total. The van der Waals surface area contributed by atoms with Crippen LogP contribution >= 0.6 is 0 Å². The molecule has 102 valence electrons. The first-order chi connectivity index (χ1) is 9.09. The van der Waals surface area contributed by atoms with Gasteiger partial charge in [-0.1, -0.05) is 12.5 Å². The Morgan fingerprint density at radius 2 is 2.26 bits per heavy atom. The van der Waals surface area contributed by atoms with Gasteiger partial charge < -0.3 is 10.6 Å². The van der Waals surface area contributed by atoms with Crippen LogP contribution in [0.4, 0.5) is 15.8 Å². The molecule has 1 fully saturated rings. The number of piperidine rings is 1. The highest BCUT2D eigenvalue weighted by atomic mass is 19.1. The minimum absolute atomic E-state index is 0.370. The van der Waals surface area contributed by atoms with Gasteiger partial charge in [0.25, 0.3) is 5.69 Å². The number of para-hydroxylation sites is 1. The van der Waals surface area contributed by atoms with Crippen LogP contribution in [0.25, 0.3) is 0 Å². The molecule has 0 unspecified atom stereocenters. The van der Waals surface area contributed by atoms with E-state index in [1.807, 2.05) is 0 Å². The highest BCUT2D eigenvalue weighted by Gasteiger charge is 2.25. The predicted molar refractivity (Wildman–Crippen MR) is 67.3 cm³/mol. The first-order valence-electron chi connectivity index (χ1n) is 6.07. The second kappa shape index (κ2) is 5.75. The molecule has 1 saturated heterocycles. The highest BCUT2D eigenvalue weighted by Crippen LogP contribution is 2.27. The largest absolute Gasteiger partial charge is 0.317 e. The molecular formula is C12H14FN3O3. The zero-order chi connectivity index (χ0) is 13.8. The van der Waals surface area contributed by atoms with E-state index >= 15 is 0 Å². The Bertz CT molecular complexity index is 501. The average Bonchev–Trinajstić information content (AvgIpc) is 2.41. The Morgan fingerprint density at radius 3 is 2.89 bits per heavy atom. The molecule has 0 spiro atoms. The second-order valence-corrected chi connectivity index (χ2v) is 4.38. The maximum absolute atomic E-state index is 13.6. The number of carbonyl (C=O) groups is 1. The minimum Gasteiger partial charge on any atom is -0.317 e. The summed E-state index contributed by atoms with van der Waals surface area (Å²) in [5.74, 6) is -1.24. The molecule has 1 heterocycles. The Kier molecular flexibility index (Phi) is 4.06. The fourth-order valence-electron chi connectivity index (χ4n) is 2.07. The maximum atomic E-state index is 13.6. The number of halogens is 1. The molecule has 2 rings (SSSR count). The SMILES string of the molecule is O=C(Nc1c(F)cccc1[N+](=O)[O-])[C@@H]1CCCCN1. The third kappa shape index (κ3) is 3.05. The van der Waals surface area contributed by atoms with Crippen molar-refractivity contribution < 1.29 is 14.1 Å². The van der Waals surface area contributed by atoms with Crippen LogP contribution in [0.1, 0.15) is 19.3 Å². The van der Waals surface area contributed by atoms with Gasteiger partial charge in [0.2, 0.25) is 5.91 Å². The molecule has 0 radical (unpaired) electrons. The number of nitro benzene ring substituents is 1. The van der Waals surface area contributed by atoms with Crippen molar-refractivity contribution in [3.63, 3.8) is 0 Å². The summed E-state index contributed by atoms with van der Waals surface area (Å²) in [6.45, 7) is 0.720. The fraction of sp³-hybridized carbons (Fsp3) is 0.417. The van der Waals surface area contributed by atoms with Crippen molar-refractivity contribution in [2.45, 2.75) is 25.3 Å². The number of benzene rings is 1. The average molecular weight is 267 g/mol. The summed E-state index contributed by atoms with van der Waals surface area (Å²) in [5.41, 5.74) is -0.811. The van der Waals surface area contributed by atoms with Crippen molar-refractivity contribution in [3.05, 3.63) is 34.1 Å². The molecule has 1 aromatic carbocycles. The van der Waals surface area contributed by atoms with Gasteiger partial charge in [-0.05, 0) is 25.5 Å². The second-order valence-electron chi connectivity index (χ2n) is 4.38. The van der Waals surface area contributed by atoms with Crippen LogP contribution in [0, 0.1) is 15.9 Å². The number of rotatable bonds is 3. The lowest BCUT2D eigenvalue weighted by molar-refractivity contribution is -0.384. The number of nitrogens with one attached hydrogen (secondary N) is 2. The van der Waals surface area contributed by atoms with Crippen LogP contribution in [0.2, 0.25) is 0 Å². The number of hydrogen-bond donors (Lipinski definition) is 2. The highest BCUT2D eigenvalue weighted by molar-refractivity contribution is 5.96. The van der Waals surface area contributed by atoms with Gasteiger partial charge in [0.05, 0.1) is 11.0 Å². The van der Waals surface area contributed by atoms with Crippen molar-refractivity contribution >= 4 is 17.3 Å². The normalized spacial score (nSPS) is 18.9. The molecule has 7 heteroatoms. The van der Waals surface area contributed by atoms with Crippen LogP contribution in [0.5, 0.6) is 0 Å². The van der Waals surface area contributed by atoms with E-state index in [-0.39, 0.29) is 5.69 Å². The quantitative estimate of drug-likeness (QED) is 0.646. The lowest BCUT2D eigenvalue weighted by Crippen LogP contribution is -2.43. The Morgan fingerprint density at radius 1 is 1.47 bits per heavy atom. The number of anilines is 1. The Hall–Kier alpha value is -2.02. The van der Waals surface area contributed by atoms with Crippen LogP contribution < -0.4 is 10.6 Å². The maximum Gasteiger partial charge on any atom is 0.295 e. The lowest BCUT2D eigenvalue weighted by Gasteiger charge is -2.22. The number of carbonyl (C=O) groups excluding carboxylic acids is 1. The van der Waals surface area contributed by atoms with Gasteiger partial charge in [-0.2, -0.15) is 0 Å². The van der Waals surface area contributed by atoms with Crippen molar-refractivity contribution in [2.75, 3.05) is 11.9 Å². The molecule has 0 bridgehead atoms. The first kappa shape index (κ1) is 13.4. The molecule has 1 atom stereocenters. The van der Waals surface area contributed by atoms with Crippen LogP contribution in [-0.4, -0.2) is 23.4 Å². The van der Waals surface area contributed by atoms with Crippen LogP contribution in [-0.2, 0) is 4.79 Å². The van der Waals surface area contributed by atoms with Gasteiger partial charge in [0.15, 0.2) is 11.5 Å². The summed E-state index contributed by atoms with van der Waals surface area (Å²) in [6.07, 6.45) is 2.54. The lowest BCUT2D eigenvalue weighted by atomic mass is 10.0. The molecular weight excluding hydrogens is 253 g/mol. The van der Waals surface area contributed by atoms with E-state index in [9.17, 15) is 19.3 Å². The van der Waals surface area contributed by atoms with E-state index in [2.05, 4.69) is 10.6 Å². The third-order valence-electron chi connectivity index (χ3n) is 3.06. The van der Waals surface area contributed by atoms with E-state index in [1.54, 1.807) is 0 Å². The van der Waals surface area contributed by atoms with E-state index < -0.39 is 28.4 Å². The zero-order valence-electron chi connectivity index (χ0n) is 10.2. The van der Waals surface area contributed by atoms with E-state index in [1.165, 1.54) is 6.07 Å². The van der Waals surface area contributed by atoms with E-state index in [0.29, 0.717) is 6.42 Å². The van der Waals surface area contributed by atoms with Crippen molar-refractivity contribution in [1.29, 1.82) is 0 Å². The molecule has 1 aliphatic rings. The van der Waals surface area contributed by atoms with E-state index in [0.717, 1.165) is 31.5 Å². The summed E-state index contributed by atoms with van der Waals surface area (Å²) >= 11 is 0. The number of hydrogen-bond acceptors (Lipinski definition) is 4. The summed E-state index contributed by atoms with van der Waals surface area (Å²) in [5, 5.41) is 16.1. The summed E-state index contributed by atoms with van der Waals surface area (Å²) in [6, 6.07) is 3.05. The summed E-state index contributed by atoms with van der Waals surface area (Å²) in [4.78, 5) is 22.0. The molecule has 0 saturated carbocycles. The van der Waals surface area contributed by atoms with Crippen molar-refractivity contribution in [1.82, 2.24) is 5.32 Å². The van der Waals surface area contributed by atoms with Gasteiger partial charge in [0.1, 0.15) is 0 Å². The summed E-state index contributed by atoms with van der Waals surface area (Å²) in [7, 11) is 0.